The van der Waals surface area contributed by atoms with Crippen LogP contribution in [0.5, 0.6) is 5.75 Å². The zero-order valence-corrected chi connectivity index (χ0v) is 17.8. The van der Waals surface area contributed by atoms with Gasteiger partial charge in [-0.05, 0) is 50.5 Å². The Bertz CT molecular complexity index is 979. The van der Waals surface area contributed by atoms with E-state index in [0.717, 1.165) is 33.9 Å². The lowest BCUT2D eigenvalue weighted by atomic mass is 10.0. The molecule has 1 aromatic carbocycles. The third-order valence-electron chi connectivity index (χ3n) is 5.31. The molecule has 0 aliphatic carbocycles. The number of hydrogen-bond acceptors (Lipinski definition) is 6. The third-order valence-corrected chi connectivity index (χ3v) is 7.06. The van der Waals surface area contributed by atoms with Gasteiger partial charge in [0, 0.05) is 24.7 Å². The molecule has 1 aromatic heterocycles. The molecule has 0 amide bonds. The number of oxazole rings is 1. The van der Waals surface area contributed by atoms with Crippen molar-refractivity contribution in [3.63, 3.8) is 0 Å². The minimum Gasteiger partial charge on any atom is -0.496 e. The summed E-state index contributed by atoms with van der Waals surface area (Å²) in [6.45, 7) is 10.9. The maximum Gasteiger partial charge on any atom is 0.226 e. The Labute approximate surface area is 167 Å². The summed E-state index contributed by atoms with van der Waals surface area (Å²) in [4.78, 5) is 6.86. The summed E-state index contributed by atoms with van der Waals surface area (Å²) in [6, 6.07) is 4.00. The van der Waals surface area contributed by atoms with Crippen LogP contribution in [-0.2, 0) is 16.4 Å². The standard InChI is InChI=1S/C21H28N2O4S/c1-6-8-23(17-7-9-28(24,25)13-17)12-19-16(4)27-21(22-19)18-10-15(3)20(26-5)11-14(18)2/h6,10-11,17H,1,7-9,12-13H2,2-5H3. The van der Waals surface area contributed by atoms with E-state index >= 15 is 0 Å². The van der Waals surface area contributed by atoms with Crippen LogP contribution in [0.3, 0.4) is 0 Å². The Morgan fingerprint density at radius 1 is 1.32 bits per heavy atom. The molecule has 0 N–H and O–H groups in total. The van der Waals surface area contributed by atoms with Crippen LogP contribution in [0.2, 0.25) is 0 Å². The van der Waals surface area contributed by atoms with E-state index in [1.807, 2.05) is 32.9 Å². The number of nitrogens with zero attached hydrogens (tertiary/aromatic N) is 2. The number of aryl methyl sites for hydroxylation is 3. The molecular formula is C21H28N2O4S. The first-order chi connectivity index (χ1) is 13.2. The van der Waals surface area contributed by atoms with E-state index < -0.39 is 9.84 Å². The Hall–Kier alpha value is -2.12. The second kappa shape index (κ2) is 8.09. The van der Waals surface area contributed by atoms with E-state index in [1.54, 1.807) is 13.2 Å². The van der Waals surface area contributed by atoms with E-state index in [4.69, 9.17) is 14.1 Å². The molecule has 6 nitrogen and oxygen atoms in total. The molecule has 0 bridgehead atoms. The molecule has 1 fully saturated rings. The molecule has 152 valence electrons. The average molecular weight is 405 g/mol. The van der Waals surface area contributed by atoms with Gasteiger partial charge in [0.2, 0.25) is 5.89 Å². The highest BCUT2D eigenvalue weighted by Gasteiger charge is 2.32. The van der Waals surface area contributed by atoms with Crippen molar-refractivity contribution in [2.45, 2.75) is 39.8 Å². The molecule has 1 aliphatic rings. The van der Waals surface area contributed by atoms with Crippen LogP contribution in [0.15, 0.2) is 29.2 Å². The van der Waals surface area contributed by atoms with E-state index in [2.05, 4.69) is 11.5 Å². The fourth-order valence-corrected chi connectivity index (χ4v) is 5.46. The monoisotopic (exact) mass is 404 g/mol. The van der Waals surface area contributed by atoms with Crippen LogP contribution < -0.4 is 4.74 Å². The molecule has 7 heteroatoms. The number of sulfone groups is 1. The predicted octanol–water partition coefficient (Wildman–Crippen LogP) is 3.45. The molecular weight excluding hydrogens is 376 g/mol. The van der Waals surface area contributed by atoms with Crippen LogP contribution in [-0.4, -0.2) is 49.5 Å². The second-order valence-corrected chi connectivity index (χ2v) is 9.66. The fraction of sp³-hybridized carbons (Fsp3) is 0.476. The molecule has 1 unspecified atom stereocenters. The van der Waals surface area contributed by atoms with Crippen LogP contribution in [0.1, 0.15) is 29.0 Å². The van der Waals surface area contributed by atoms with Crippen molar-refractivity contribution in [1.29, 1.82) is 0 Å². The van der Waals surface area contributed by atoms with Crippen LogP contribution in [0.25, 0.3) is 11.5 Å². The highest BCUT2D eigenvalue weighted by Crippen LogP contribution is 2.31. The smallest absolute Gasteiger partial charge is 0.226 e. The minimum atomic E-state index is -2.95. The predicted molar refractivity (Wildman–Crippen MR) is 110 cm³/mol. The molecule has 0 saturated carbocycles. The lowest BCUT2D eigenvalue weighted by Gasteiger charge is -2.25. The first-order valence-corrected chi connectivity index (χ1v) is 11.2. The quantitative estimate of drug-likeness (QED) is 0.658. The topological polar surface area (TPSA) is 72.6 Å². The van der Waals surface area contributed by atoms with Gasteiger partial charge in [0.25, 0.3) is 0 Å². The van der Waals surface area contributed by atoms with Crippen molar-refractivity contribution in [2.24, 2.45) is 0 Å². The third kappa shape index (κ3) is 4.31. The minimum absolute atomic E-state index is 0.00693. The molecule has 2 heterocycles. The molecule has 1 saturated heterocycles. The number of ether oxygens (including phenoxy) is 1. The molecule has 28 heavy (non-hydrogen) atoms. The molecule has 3 rings (SSSR count). The lowest BCUT2D eigenvalue weighted by Crippen LogP contribution is -2.36. The van der Waals surface area contributed by atoms with Gasteiger partial charge < -0.3 is 9.15 Å². The number of aromatic nitrogens is 1. The summed E-state index contributed by atoms with van der Waals surface area (Å²) in [5.41, 5.74) is 3.81. The van der Waals surface area contributed by atoms with Crippen molar-refractivity contribution in [1.82, 2.24) is 9.88 Å². The number of hydrogen-bond donors (Lipinski definition) is 0. The van der Waals surface area contributed by atoms with Gasteiger partial charge in [-0.1, -0.05) is 6.08 Å². The van der Waals surface area contributed by atoms with Crippen LogP contribution in [0, 0.1) is 20.8 Å². The van der Waals surface area contributed by atoms with Gasteiger partial charge in [-0.3, -0.25) is 4.90 Å². The zero-order valence-electron chi connectivity index (χ0n) is 17.0. The first kappa shape index (κ1) is 20.6. The van der Waals surface area contributed by atoms with Crippen molar-refractivity contribution in [2.75, 3.05) is 25.2 Å². The van der Waals surface area contributed by atoms with E-state index in [-0.39, 0.29) is 17.5 Å². The normalized spacial score (nSPS) is 18.5. The molecule has 1 aliphatic heterocycles. The summed E-state index contributed by atoms with van der Waals surface area (Å²) in [5.74, 6) is 2.61. The van der Waals surface area contributed by atoms with Crippen molar-refractivity contribution >= 4 is 9.84 Å². The van der Waals surface area contributed by atoms with Gasteiger partial charge >= 0.3 is 0 Å². The summed E-state index contributed by atoms with van der Waals surface area (Å²) in [6.07, 6.45) is 2.45. The van der Waals surface area contributed by atoms with Crippen LogP contribution in [0.4, 0.5) is 0 Å². The Morgan fingerprint density at radius 2 is 2.07 bits per heavy atom. The molecule has 1 atom stereocenters. The number of rotatable bonds is 7. The highest BCUT2D eigenvalue weighted by molar-refractivity contribution is 7.91. The summed E-state index contributed by atoms with van der Waals surface area (Å²) in [7, 11) is -1.29. The van der Waals surface area contributed by atoms with Crippen molar-refractivity contribution in [3.8, 4) is 17.2 Å². The van der Waals surface area contributed by atoms with Crippen LogP contribution >= 0.6 is 0 Å². The molecule has 2 aromatic rings. The van der Waals surface area contributed by atoms with E-state index in [9.17, 15) is 8.42 Å². The van der Waals surface area contributed by atoms with E-state index in [0.29, 0.717) is 25.4 Å². The zero-order chi connectivity index (χ0) is 20.5. The van der Waals surface area contributed by atoms with Crippen molar-refractivity contribution < 1.29 is 17.6 Å². The van der Waals surface area contributed by atoms with E-state index in [1.165, 1.54) is 0 Å². The van der Waals surface area contributed by atoms with Gasteiger partial charge in [0.05, 0.1) is 24.3 Å². The van der Waals surface area contributed by atoms with Gasteiger partial charge in [-0.15, -0.1) is 6.58 Å². The Balaban J connectivity index is 1.87. The van der Waals surface area contributed by atoms with Gasteiger partial charge in [0.1, 0.15) is 11.5 Å². The summed E-state index contributed by atoms with van der Waals surface area (Å²) >= 11 is 0. The average Bonchev–Trinajstić information content (AvgIpc) is 3.18. The first-order valence-electron chi connectivity index (χ1n) is 9.41. The number of benzene rings is 1. The van der Waals surface area contributed by atoms with Crippen molar-refractivity contribution in [3.05, 3.63) is 47.4 Å². The molecule has 0 spiro atoms. The fourth-order valence-electron chi connectivity index (χ4n) is 3.69. The maximum atomic E-state index is 11.9. The van der Waals surface area contributed by atoms with Gasteiger partial charge in [-0.2, -0.15) is 0 Å². The highest BCUT2D eigenvalue weighted by atomic mass is 32.2. The maximum absolute atomic E-state index is 11.9. The summed E-state index contributed by atoms with van der Waals surface area (Å²) < 4.78 is 35.1. The second-order valence-electron chi connectivity index (χ2n) is 7.43. The largest absolute Gasteiger partial charge is 0.496 e. The number of methoxy groups -OCH3 is 1. The lowest BCUT2D eigenvalue weighted by molar-refractivity contribution is 0.223. The SMILES string of the molecule is C=CCN(Cc1nc(-c2cc(C)c(OC)cc2C)oc1C)C1CCS(=O)(=O)C1. The Morgan fingerprint density at radius 3 is 2.68 bits per heavy atom. The summed E-state index contributed by atoms with van der Waals surface area (Å²) in [5, 5.41) is 0. The molecule has 0 radical (unpaired) electrons. The Kier molecular flexibility index (Phi) is 5.95. The van der Waals surface area contributed by atoms with Gasteiger partial charge in [0.15, 0.2) is 9.84 Å². The van der Waals surface area contributed by atoms with Gasteiger partial charge in [-0.25, -0.2) is 13.4 Å².